The second kappa shape index (κ2) is 12.5. The molecule has 0 atom stereocenters. The van der Waals surface area contributed by atoms with Crippen LogP contribution < -0.4 is 10.6 Å². The van der Waals surface area contributed by atoms with Gasteiger partial charge in [0.15, 0.2) is 0 Å². The molecule has 0 saturated heterocycles. The average molecular weight is 373 g/mol. The van der Waals surface area contributed by atoms with Gasteiger partial charge in [0.05, 0.1) is 6.54 Å². The van der Waals surface area contributed by atoms with Gasteiger partial charge in [0.1, 0.15) is 0 Å². The minimum absolute atomic E-state index is 0.0259. The lowest BCUT2D eigenvalue weighted by Gasteiger charge is -2.09. The lowest BCUT2D eigenvalue weighted by Crippen LogP contribution is -2.32. The van der Waals surface area contributed by atoms with Crippen molar-refractivity contribution in [3.8, 4) is 0 Å². The lowest BCUT2D eigenvalue weighted by molar-refractivity contribution is -0.124. The van der Waals surface area contributed by atoms with Crippen LogP contribution in [0.2, 0.25) is 0 Å². The maximum atomic E-state index is 12.0. The summed E-state index contributed by atoms with van der Waals surface area (Å²) in [6.07, 6.45) is 15.1. The molecule has 0 bridgehead atoms. The second-order valence-corrected chi connectivity index (χ2v) is 7.74. The first-order chi connectivity index (χ1) is 13.2. The van der Waals surface area contributed by atoms with Crippen LogP contribution >= 0.6 is 0 Å². The van der Waals surface area contributed by atoms with Crippen molar-refractivity contribution < 1.29 is 9.59 Å². The average Bonchev–Trinajstić information content (AvgIpc) is 3.13. The number of carbonyl (C=O) groups is 2. The Balaban J connectivity index is 1.49. The Bertz CT molecular complexity index is 598. The van der Waals surface area contributed by atoms with Crippen molar-refractivity contribution in [2.45, 2.75) is 90.4 Å². The fraction of sp³-hybridized carbons (Fsp3) is 0.652. The molecular weight excluding hydrogens is 336 g/mol. The number of rotatable bonds is 13. The number of carbonyl (C=O) groups excluding carboxylic acids is 2. The summed E-state index contributed by atoms with van der Waals surface area (Å²) in [6, 6.07) is 6.11. The standard InChI is InChI=1S/C23H36N2O2/c1-2-3-4-5-6-7-8-9-10-14-22(26)24-18-23(27)25-21-16-15-19-12-11-13-20(19)17-21/h15-17H,2-14,18H2,1H3,(H,24,26)(H,25,27). The molecule has 0 aliphatic heterocycles. The minimum atomic E-state index is -0.159. The Morgan fingerprint density at radius 3 is 2.26 bits per heavy atom. The highest BCUT2D eigenvalue weighted by atomic mass is 16.2. The Morgan fingerprint density at radius 2 is 1.52 bits per heavy atom. The third kappa shape index (κ3) is 8.59. The molecule has 27 heavy (non-hydrogen) atoms. The van der Waals surface area contributed by atoms with Gasteiger partial charge >= 0.3 is 0 Å². The van der Waals surface area contributed by atoms with Crippen molar-refractivity contribution in [3.63, 3.8) is 0 Å². The molecule has 0 aromatic heterocycles. The van der Waals surface area contributed by atoms with Crippen LogP contribution in [0.1, 0.15) is 88.7 Å². The topological polar surface area (TPSA) is 58.2 Å². The molecule has 4 heteroatoms. The number of hydrogen-bond donors (Lipinski definition) is 2. The van der Waals surface area contributed by atoms with Crippen LogP contribution in [-0.2, 0) is 22.4 Å². The van der Waals surface area contributed by atoms with Crippen molar-refractivity contribution in [1.82, 2.24) is 5.32 Å². The fourth-order valence-electron chi connectivity index (χ4n) is 3.72. The van der Waals surface area contributed by atoms with Crippen LogP contribution in [0, 0.1) is 0 Å². The fourth-order valence-corrected chi connectivity index (χ4v) is 3.72. The molecule has 1 aromatic rings. The van der Waals surface area contributed by atoms with Gasteiger partial charge in [-0.1, -0.05) is 64.4 Å². The molecule has 1 aliphatic carbocycles. The van der Waals surface area contributed by atoms with Gasteiger partial charge in [-0.25, -0.2) is 0 Å². The SMILES string of the molecule is CCCCCCCCCCCC(=O)NCC(=O)Nc1ccc2c(c1)CCC2. The summed E-state index contributed by atoms with van der Waals surface area (Å²) < 4.78 is 0. The molecule has 0 heterocycles. The largest absolute Gasteiger partial charge is 0.347 e. The molecule has 150 valence electrons. The zero-order valence-electron chi connectivity index (χ0n) is 16.9. The summed E-state index contributed by atoms with van der Waals surface area (Å²) >= 11 is 0. The van der Waals surface area contributed by atoms with Crippen LogP contribution in [-0.4, -0.2) is 18.4 Å². The third-order valence-corrected chi connectivity index (χ3v) is 5.34. The minimum Gasteiger partial charge on any atom is -0.347 e. The number of fused-ring (bicyclic) bond motifs is 1. The predicted molar refractivity (Wildman–Crippen MR) is 112 cm³/mol. The van der Waals surface area contributed by atoms with E-state index in [9.17, 15) is 9.59 Å². The highest BCUT2D eigenvalue weighted by Crippen LogP contribution is 2.24. The van der Waals surface area contributed by atoms with E-state index in [0.29, 0.717) is 6.42 Å². The van der Waals surface area contributed by atoms with Crippen molar-refractivity contribution in [1.29, 1.82) is 0 Å². The normalized spacial score (nSPS) is 12.6. The number of benzene rings is 1. The molecule has 0 fully saturated rings. The van der Waals surface area contributed by atoms with Crippen molar-refractivity contribution in [3.05, 3.63) is 29.3 Å². The van der Waals surface area contributed by atoms with Crippen molar-refractivity contribution in [2.24, 2.45) is 0 Å². The van der Waals surface area contributed by atoms with Gasteiger partial charge in [-0.15, -0.1) is 0 Å². The highest BCUT2D eigenvalue weighted by molar-refractivity contribution is 5.94. The van der Waals surface area contributed by atoms with Gasteiger partial charge in [-0.05, 0) is 48.9 Å². The first-order valence-corrected chi connectivity index (χ1v) is 10.9. The molecule has 2 N–H and O–H groups in total. The summed E-state index contributed by atoms with van der Waals surface area (Å²) in [4.78, 5) is 23.9. The van der Waals surface area contributed by atoms with Crippen LogP contribution in [0.3, 0.4) is 0 Å². The van der Waals surface area contributed by atoms with E-state index in [1.807, 2.05) is 6.07 Å². The van der Waals surface area contributed by atoms with Gasteiger partial charge < -0.3 is 10.6 Å². The summed E-state index contributed by atoms with van der Waals surface area (Å²) in [5.74, 6) is -0.185. The molecule has 0 saturated carbocycles. The summed E-state index contributed by atoms with van der Waals surface area (Å²) in [7, 11) is 0. The van der Waals surface area contributed by atoms with E-state index in [-0.39, 0.29) is 18.4 Å². The highest BCUT2D eigenvalue weighted by Gasteiger charge is 2.12. The zero-order valence-corrected chi connectivity index (χ0v) is 16.9. The maximum absolute atomic E-state index is 12.0. The Hall–Kier alpha value is -1.84. The Labute approximate surface area is 164 Å². The van der Waals surface area contributed by atoms with E-state index >= 15 is 0 Å². The molecule has 4 nitrogen and oxygen atoms in total. The zero-order chi connectivity index (χ0) is 19.3. The van der Waals surface area contributed by atoms with E-state index in [1.165, 1.54) is 62.5 Å². The molecule has 0 spiro atoms. The van der Waals surface area contributed by atoms with E-state index in [1.54, 1.807) is 0 Å². The lowest BCUT2D eigenvalue weighted by atomic mass is 10.1. The maximum Gasteiger partial charge on any atom is 0.243 e. The van der Waals surface area contributed by atoms with Crippen LogP contribution in [0.15, 0.2) is 18.2 Å². The van der Waals surface area contributed by atoms with Crippen LogP contribution in [0.5, 0.6) is 0 Å². The van der Waals surface area contributed by atoms with Gasteiger partial charge in [0.25, 0.3) is 0 Å². The second-order valence-electron chi connectivity index (χ2n) is 7.74. The van der Waals surface area contributed by atoms with E-state index in [4.69, 9.17) is 0 Å². The number of unbranched alkanes of at least 4 members (excludes halogenated alkanes) is 8. The van der Waals surface area contributed by atoms with E-state index in [0.717, 1.165) is 31.4 Å². The number of hydrogen-bond acceptors (Lipinski definition) is 2. The molecule has 1 aliphatic rings. The predicted octanol–water partition coefficient (Wildman–Crippen LogP) is 5.15. The van der Waals surface area contributed by atoms with Gasteiger partial charge in [-0.2, -0.15) is 0 Å². The van der Waals surface area contributed by atoms with Crippen LogP contribution in [0.4, 0.5) is 5.69 Å². The van der Waals surface area contributed by atoms with Gasteiger partial charge in [-0.3, -0.25) is 9.59 Å². The third-order valence-electron chi connectivity index (χ3n) is 5.34. The molecular formula is C23H36N2O2. The van der Waals surface area contributed by atoms with Gasteiger partial charge in [0.2, 0.25) is 11.8 Å². The Kier molecular flexibility index (Phi) is 9.96. The van der Waals surface area contributed by atoms with Crippen molar-refractivity contribution >= 4 is 17.5 Å². The first kappa shape index (κ1) is 21.5. The number of aryl methyl sites for hydroxylation is 2. The Morgan fingerprint density at radius 1 is 0.852 bits per heavy atom. The summed E-state index contributed by atoms with van der Waals surface area (Å²) in [5, 5.41) is 5.61. The van der Waals surface area contributed by atoms with E-state index in [2.05, 4.69) is 29.7 Å². The van der Waals surface area contributed by atoms with Crippen molar-refractivity contribution in [2.75, 3.05) is 11.9 Å². The molecule has 1 aromatic carbocycles. The molecule has 2 amide bonds. The first-order valence-electron chi connectivity index (χ1n) is 10.9. The monoisotopic (exact) mass is 372 g/mol. The summed E-state index contributed by atoms with van der Waals surface area (Å²) in [6.45, 7) is 2.29. The molecule has 2 rings (SSSR count). The number of nitrogens with one attached hydrogen (secondary N) is 2. The molecule has 0 unspecified atom stereocenters. The number of amides is 2. The number of anilines is 1. The quantitative estimate of drug-likeness (QED) is 0.470. The van der Waals surface area contributed by atoms with Crippen LogP contribution in [0.25, 0.3) is 0 Å². The summed E-state index contributed by atoms with van der Waals surface area (Å²) in [5.41, 5.74) is 3.55. The molecule has 0 radical (unpaired) electrons. The van der Waals surface area contributed by atoms with Gasteiger partial charge in [0, 0.05) is 12.1 Å². The van der Waals surface area contributed by atoms with E-state index < -0.39 is 0 Å². The smallest absolute Gasteiger partial charge is 0.243 e.